The number of benzene rings is 1. The van der Waals surface area contributed by atoms with E-state index in [4.69, 9.17) is 0 Å². The largest absolute Gasteiger partial charge is 0.389 e. The van der Waals surface area contributed by atoms with Crippen molar-refractivity contribution in [2.45, 2.75) is 26.4 Å². The smallest absolute Gasteiger partial charge is 0.246 e. The van der Waals surface area contributed by atoms with Crippen LogP contribution in [0, 0.1) is 0 Å². The molecule has 0 saturated carbocycles. The normalized spacial score (nSPS) is 11.8. The van der Waals surface area contributed by atoms with Crippen molar-refractivity contribution in [1.29, 1.82) is 0 Å². The van der Waals surface area contributed by atoms with E-state index >= 15 is 0 Å². The van der Waals surface area contributed by atoms with Crippen molar-refractivity contribution < 1.29 is 5.11 Å². The second-order valence-electron chi connectivity index (χ2n) is 4.93. The second kappa shape index (κ2) is 4.86. The van der Waals surface area contributed by atoms with Gasteiger partial charge >= 0.3 is 0 Å². The average molecular weight is 246 g/mol. The Labute approximate surface area is 106 Å². The first-order chi connectivity index (χ1) is 8.49. The minimum atomic E-state index is -0.787. The van der Waals surface area contributed by atoms with E-state index in [2.05, 4.69) is 15.2 Å². The van der Waals surface area contributed by atoms with Gasteiger partial charge in [-0.25, -0.2) is 4.98 Å². The van der Waals surface area contributed by atoms with Crippen molar-refractivity contribution in [3.05, 3.63) is 24.3 Å². The summed E-state index contributed by atoms with van der Waals surface area (Å²) in [5, 5.41) is 18.1. The maximum absolute atomic E-state index is 9.88. The molecular formula is C13H18N4O. The Kier molecular flexibility index (Phi) is 3.43. The van der Waals surface area contributed by atoms with Gasteiger partial charge in [-0.3, -0.25) is 0 Å². The number of likely N-dealkylation sites (N-methyl/N-ethyl adjacent to an activating group) is 1. The number of fused-ring (bicyclic) bond motifs is 1. The lowest BCUT2D eigenvalue weighted by molar-refractivity contribution is 0.0872. The molecule has 1 N–H and O–H groups in total. The molecule has 5 nitrogen and oxygen atoms in total. The van der Waals surface area contributed by atoms with Crippen molar-refractivity contribution in [3.63, 3.8) is 0 Å². The molecule has 0 spiro atoms. The zero-order chi connectivity index (χ0) is 13.2. The Morgan fingerprint density at radius 1 is 1.17 bits per heavy atom. The first kappa shape index (κ1) is 12.7. The second-order valence-corrected chi connectivity index (χ2v) is 4.93. The molecule has 0 bridgehead atoms. The topological polar surface area (TPSA) is 62.1 Å². The van der Waals surface area contributed by atoms with Crippen molar-refractivity contribution in [1.82, 2.24) is 15.2 Å². The summed E-state index contributed by atoms with van der Waals surface area (Å²) >= 11 is 0. The van der Waals surface area contributed by atoms with Crippen LogP contribution in [0.3, 0.4) is 0 Å². The quantitative estimate of drug-likeness (QED) is 0.888. The third-order valence-electron chi connectivity index (χ3n) is 2.59. The molecule has 2 aromatic rings. The van der Waals surface area contributed by atoms with Gasteiger partial charge in [0.1, 0.15) is 5.52 Å². The van der Waals surface area contributed by atoms with Gasteiger partial charge in [0.05, 0.1) is 11.1 Å². The number of aliphatic hydroxyl groups is 1. The molecule has 0 radical (unpaired) electrons. The summed E-state index contributed by atoms with van der Waals surface area (Å²) in [5.41, 5.74) is 0.808. The van der Waals surface area contributed by atoms with E-state index in [9.17, 15) is 5.11 Å². The van der Waals surface area contributed by atoms with Crippen LogP contribution in [0.25, 0.3) is 11.0 Å². The highest BCUT2D eigenvalue weighted by Crippen LogP contribution is 2.14. The van der Waals surface area contributed by atoms with Gasteiger partial charge in [-0.05, 0) is 32.9 Å². The maximum atomic E-state index is 9.88. The molecule has 2 rings (SSSR count). The Morgan fingerprint density at radius 2 is 1.83 bits per heavy atom. The van der Waals surface area contributed by atoms with E-state index in [1.807, 2.05) is 36.1 Å². The van der Waals surface area contributed by atoms with E-state index < -0.39 is 5.60 Å². The molecule has 0 aliphatic heterocycles. The molecule has 18 heavy (non-hydrogen) atoms. The van der Waals surface area contributed by atoms with Gasteiger partial charge in [-0.1, -0.05) is 12.1 Å². The van der Waals surface area contributed by atoms with Crippen LogP contribution >= 0.6 is 0 Å². The number of anilines is 1. The molecule has 0 fully saturated rings. The highest BCUT2D eigenvalue weighted by molar-refractivity contribution is 5.74. The minimum absolute atomic E-state index is 0.476. The van der Waals surface area contributed by atoms with E-state index in [0.717, 1.165) is 17.6 Å². The average Bonchev–Trinajstić information content (AvgIpc) is 2.34. The number of para-hydroxylation sites is 1. The van der Waals surface area contributed by atoms with E-state index in [0.29, 0.717) is 12.5 Å². The molecule has 1 heterocycles. The van der Waals surface area contributed by atoms with E-state index in [1.54, 1.807) is 13.8 Å². The van der Waals surface area contributed by atoms with Gasteiger partial charge in [0.25, 0.3) is 0 Å². The van der Waals surface area contributed by atoms with Crippen LogP contribution in [0.5, 0.6) is 0 Å². The van der Waals surface area contributed by atoms with Gasteiger partial charge in [-0.2, -0.15) is 0 Å². The van der Waals surface area contributed by atoms with Crippen LogP contribution < -0.4 is 4.90 Å². The van der Waals surface area contributed by atoms with Crippen LogP contribution in [0.1, 0.15) is 20.8 Å². The van der Waals surface area contributed by atoms with Gasteiger partial charge in [-0.15, -0.1) is 10.2 Å². The molecule has 96 valence electrons. The highest BCUT2D eigenvalue weighted by atomic mass is 16.3. The number of nitrogens with zero attached hydrogens (tertiary/aromatic N) is 4. The van der Waals surface area contributed by atoms with Crippen molar-refractivity contribution in [3.8, 4) is 0 Å². The lowest BCUT2D eigenvalue weighted by Gasteiger charge is -2.27. The van der Waals surface area contributed by atoms with Gasteiger partial charge in [0.15, 0.2) is 0 Å². The Morgan fingerprint density at radius 3 is 2.44 bits per heavy atom. The number of rotatable bonds is 4. The first-order valence-electron chi connectivity index (χ1n) is 6.06. The third kappa shape index (κ3) is 2.92. The summed E-state index contributed by atoms with van der Waals surface area (Å²) in [6.07, 6.45) is 0. The molecule has 5 heteroatoms. The van der Waals surface area contributed by atoms with Gasteiger partial charge < -0.3 is 10.0 Å². The summed E-state index contributed by atoms with van der Waals surface area (Å²) in [5.74, 6) is 0.554. The molecule has 1 aromatic carbocycles. The molecular weight excluding hydrogens is 228 g/mol. The number of aromatic nitrogens is 3. The summed E-state index contributed by atoms with van der Waals surface area (Å²) < 4.78 is 0. The SMILES string of the molecule is CCN(CC(C)(C)O)c1nnc2ccccc2n1. The summed E-state index contributed by atoms with van der Waals surface area (Å²) in [6.45, 7) is 6.74. The molecule has 0 amide bonds. The van der Waals surface area contributed by atoms with E-state index in [-0.39, 0.29) is 0 Å². The fourth-order valence-corrected chi connectivity index (χ4v) is 1.80. The maximum Gasteiger partial charge on any atom is 0.246 e. The van der Waals surface area contributed by atoms with Crippen molar-refractivity contribution in [2.24, 2.45) is 0 Å². The Hall–Kier alpha value is -1.75. The predicted molar refractivity (Wildman–Crippen MR) is 71.5 cm³/mol. The summed E-state index contributed by atoms with van der Waals surface area (Å²) in [6, 6.07) is 7.62. The number of hydrogen-bond donors (Lipinski definition) is 1. The van der Waals surface area contributed by atoms with Gasteiger partial charge in [0.2, 0.25) is 5.95 Å². The summed E-state index contributed by atoms with van der Waals surface area (Å²) in [7, 11) is 0. The zero-order valence-electron chi connectivity index (χ0n) is 11.0. The van der Waals surface area contributed by atoms with E-state index in [1.165, 1.54) is 0 Å². The van der Waals surface area contributed by atoms with Crippen LogP contribution in [0.2, 0.25) is 0 Å². The van der Waals surface area contributed by atoms with Crippen molar-refractivity contribution in [2.75, 3.05) is 18.0 Å². The monoisotopic (exact) mass is 246 g/mol. The van der Waals surface area contributed by atoms with Gasteiger partial charge in [0, 0.05) is 13.1 Å². The van der Waals surface area contributed by atoms with Crippen LogP contribution in [0.15, 0.2) is 24.3 Å². The Balaban J connectivity index is 2.33. The molecule has 0 aliphatic rings. The standard InChI is InChI=1S/C13H18N4O/c1-4-17(9-13(2,3)18)12-14-10-7-5-6-8-11(10)15-16-12/h5-8,18H,4,9H2,1-3H3. The third-order valence-corrected chi connectivity index (χ3v) is 2.59. The predicted octanol–water partition coefficient (Wildman–Crippen LogP) is 1.62. The lowest BCUT2D eigenvalue weighted by atomic mass is 10.1. The lowest BCUT2D eigenvalue weighted by Crippen LogP contribution is -2.39. The van der Waals surface area contributed by atoms with Crippen LogP contribution in [0.4, 0.5) is 5.95 Å². The highest BCUT2D eigenvalue weighted by Gasteiger charge is 2.19. The molecule has 1 aromatic heterocycles. The zero-order valence-corrected chi connectivity index (χ0v) is 11.0. The minimum Gasteiger partial charge on any atom is -0.389 e. The van der Waals surface area contributed by atoms with Crippen LogP contribution in [-0.4, -0.2) is 39.0 Å². The molecule has 0 atom stereocenters. The van der Waals surface area contributed by atoms with Crippen molar-refractivity contribution >= 4 is 17.0 Å². The molecule has 0 saturated heterocycles. The fraction of sp³-hybridized carbons (Fsp3) is 0.462. The molecule has 0 unspecified atom stereocenters. The van der Waals surface area contributed by atoms with Crippen LogP contribution in [-0.2, 0) is 0 Å². The Bertz CT molecular complexity index is 536. The number of hydrogen-bond acceptors (Lipinski definition) is 5. The summed E-state index contributed by atoms with van der Waals surface area (Å²) in [4.78, 5) is 6.39. The molecule has 0 aliphatic carbocycles. The first-order valence-corrected chi connectivity index (χ1v) is 6.06. The fourth-order valence-electron chi connectivity index (χ4n) is 1.80.